The molecule has 0 aliphatic carbocycles. The topological polar surface area (TPSA) is 56.6 Å². The smallest absolute Gasteiger partial charge is 0.423 e. The van der Waals surface area contributed by atoms with E-state index in [0.29, 0.717) is 5.46 Å². The second kappa shape index (κ2) is 4.36. The summed E-state index contributed by atoms with van der Waals surface area (Å²) >= 11 is 0. The lowest BCUT2D eigenvalue weighted by Gasteiger charge is -2.09. The molecule has 1 heterocycles. The summed E-state index contributed by atoms with van der Waals surface area (Å²) in [5, 5.41) is 17.8. The second-order valence-electron chi connectivity index (χ2n) is 3.24. The van der Waals surface area contributed by atoms with Gasteiger partial charge in [-0.3, -0.25) is 4.98 Å². The Morgan fingerprint density at radius 3 is 2.62 bits per heavy atom. The summed E-state index contributed by atoms with van der Waals surface area (Å²) in [4.78, 5) is 5.90. The standard InChI is InChI=1S/C8H13BN2O2/c1-11(2)6-7-3-8(9(12)13)5-10-4-7/h3-5,12-13H,6H2,1-2H3. The number of nitrogens with zero attached hydrogens (tertiary/aromatic N) is 2. The molecule has 0 aliphatic rings. The van der Waals surface area contributed by atoms with Crippen LogP contribution in [0.4, 0.5) is 0 Å². The van der Waals surface area contributed by atoms with Crippen molar-refractivity contribution in [1.29, 1.82) is 0 Å². The summed E-state index contributed by atoms with van der Waals surface area (Å²) in [6, 6.07) is 1.73. The summed E-state index contributed by atoms with van der Waals surface area (Å²) in [5.41, 5.74) is 1.40. The highest BCUT2D eigenvalue weighted by molar-refractivity contribution is 6.58. The molecule has 0 aliphatic heterocycles. The van der Waals surface area contributed by atoms with Crippen LogP contribution in [0.3, 0.4) is 0 Å². The molecule has 0 saturated carbocycles. The minimum absolute atomic E-state index is 0.430. The van der Waals surface area contributed by atoms with Crippen LogP contribution in [-0.2, 0) is 6.54 Å². The average molecular weight is 180 g/mol. The fraction of sp³-hybridized carbons (Fsp3) is 0.375. The SMILES string of the molecule is CN(C)Cc1cncc(B(O)O)c1. The van der Waals surface area contributed by atoms with E-state index in [-0.39, 0.29) is 0 Å². The highest BCUT2D eigenvalue weighted by atomic mass is 16.4. The summed E-state index contributed by atoms with van der Waals surface area (Å²) in [5.74, 6) is 0. The van der Waals surface area contributed by atoms with Crippen LogP contribution < -0.4 is 5.46 Å². The normalized spacial score (nSPS) is 10.5. The summed E-state index contributed by atoms with van der Waals surface area (Å²) in [6.07, 6.45) is 3.16. The lowest BCUT2D eigenvalue weighted by Crippen LogP contribution is -2.30. The third kappa shape index (κ3) is 3.14. The van der Waals surface area contributed by atoms with E-state index in [9.17, 15) is 0 Å². The minimum atomic E-state index is -1.44. The molecule has 0 saturated heterocycles. The Balaban J connectivity index is 2.79. The zero-order valence-corrected chi connectivity index (χ0v) is 7.81. The predicted octanol–water partition coefficient (Wildman–Crippen LogP) is -1.18. The molecule has 70 valence electrons. The molecule has 0 amide bonds. The van der Waals surface area contributed by atoms with E-state index >= 15 is 0 Å². The molecule has 1 aromatic rings. The van der Waals surface area contributed by atoms with Gasteiger partial charge in [0.1, 0.15) is 0 Å². The van der Waals surface area contributed by atoms with Crippen molar-refractivity contribution in [3.8, 4) is 0 Å². The van der Waals surface area contributed by atoms with Gasteiger partial charge >= 0.3 is 7.12 Å². The zero-order valence-electron chi connectivity index (χ0n) is 7.81. The Hall–Kier alpha value is -0.905. The third-order valence-electron chi connectivity index (χ3n) is 1.61. The molecule has 0 fully saturated rings. The summed E-state index contributed by atoms with van der Waals surface area (Å²) < 4.78 is 0. The van der Waals surface area contributed by atoms with Crippen LogP contribution in [0.1, 0.15) is 5.56 Å². The number of hydrogen-bond donors (Lipinski definition) is 2. The van der Waals surface area contributed by atoms with Gasteiger partial charge in [0.15, 0.2) is 0 Å². The Kier molecular flexibility index (Phi) is 3.42. The lowest BCUT2D eigenvalue weighted by atomic mass is 9.81. The molecule has 1 aromatic heterocycles. The van der Waals surface area contributed by atoms with Gasteiger partial charge in [0.25, 0.3) is 0 Å². The average Bonchev–Trinajstić information content (AvgIpc) is 2.03. The molecule has 1 rings (SSSR count). The molecule has 0 bridgehead atoms. The Morgan fingerprint density at radius 1 is 1.38 bits per heavy atom. The van der Waals surface area contributed by atoms with Gasteiger partial charge in [0.2, 0.25) is 0 Å². The van der Waals surface area contributed by atoms with Crippen molar-refractivity contribution in [3.05, 3.63) is 24.0 Å². The van der Waals surface area contributed by atoms with E-state index in [0.717, 1.165) is 12.1 Å². The van der Waals surface area contributed by atoms with E-state index in [1.165, 1.54) is 6.20 Å². The summed E-state index contributed by atoms with van der Waals surface area (Å²) in [7, 11) is 2.46. The number of pyridine rings is 1. The Labute approximate surface area is 78.0 Å². The van der Waals surface area contributed by atoms with Crippen LogP contribution in [-0.4, -0.2) is 41.1 Å². The lowest BCUT2D eigenvalue weighted by molar-refractivity contribution is 0.401. The van der Waals surface area contributed by atoms with E-state index in [4.69, 9.17) is 10.0 Å². The van der Waals surface area contributed by atoms with Gasteiger partial charge in [-0.1, -0.05) is 6.07 Å². The first-order valence-corrected chi connectivity index (χ1v) is 4.04. The van der Waals surface area contributed by atoms with Crippen molar-refractivity contribution in [2.45, 2.75) is 6.54 Å². The summed E-state index contributed by atoms with van der Waals surface area (Å²) in [6.45, 7) is 0.744. The quantitative estimate of drug-likeness (QED) is 0.575. The Morgan fingerprint density at radius 2 is 2.08 bits per heavy atom. The van der Waals surface area contributed by atoms with Crippen molar-refractivity contribution < 1.29 is 10.0 Å². The molecule has 0 radical (unpaired) electrons. The minimum Gasteiger partial charge on any atom is -0.423 e. The van der Waals surface area contributed by atoms with Gasteiger partial charge in [-0.25, -0.2) is 0 Å². The maximum Gasteiger partial charge on any atom is 0.490 e. The van der Waals surface area contributed by atoms with Gasteiger partial charge in [-0.15, -0.1) is 0 Å². The van der Waals surface area contributed by atoms with Gasteiger partial charge in [0, 0.05) is 24.4 Å². The van der Waals surface area contributed by atoms with Crippen LogP contribution in [0, 0.1) is 0 Å². The van der Waals surface area contributed by atoms with E-state index in [2.05, 4.69) is 4.98 Å². The first kappa shape index (κ1) is 10.2. The second-order valence-corrected chi connectivity index (χ2v) is 3.24. The van der Waals surface area contributed by atoms with E-state index in [1.54, 1.807) is 12.3 Å². The first-order chi connectivity index (χ1) is 6.09. The molecular weight excluding hydrogens is 167 g/mol. The largest absolute Gasteiger partial charge is 0.490 e. The van der Waals surface area contributed by atoms with E-state index < -0.39 is 7.12 Å². The van der Waals surface area contributed by atoms with Crippen LogP contribution in [0.25, 0.3) is 0 Å². The molecule has 0 atom stereocenters. The van der Waals surface area contributed by atoms with Crippen LogP contribution in [0.2, 0.25) is 0 Å². The molecular formula is C8H13BN2O2. The fourth-order valence-electron chi connectivity index (χ4n) is 1.10. The van der Waals surface area contributed by atoms with Crippen molar-refractivity contribution in [2.75, 3.05) is 14.1 Å². The van der Waals surface area contributed by atoms with Crippen LogP contribution in [0.15, 0.2) is 18.5 Å². The maximum atomic E-state index is 8.88. The predicted molar refractivity (Wildman–Crippen MR) is 51.5 cm³/mol. The number of hydrogen-bond acceptors (Lipinski definition) is 4. The highest BCUT2D eigenvalue weighted by Gasteiger charge is 2.11. The molecule has 13 heavy (non-hydrogen) atoms. The third-order valence-corrected chi connectivity index (χ3v) is 1.61. The molecule has 5 heteroatoms. The van der Waals surface area contributed by atoms with Crippen molar-refractivity contribution >= 4 is 12.6 Å². The zero-order chi connectivity index (χ0) is 9.84. The monoisotopic (exact) mass is 180 g/mol. The molecule has 2 N–H and O–H groups in total. The molecule has 0 unspecified atom stereocenters. The van der Waals surface area contributed by atoms with E-state index in [1.807, 2.05) is 19.0 Å². The van der Waals surface area contributed by atoms with Crippen molar-refractivity contribution in [2.24, 2.45) is 0 Å². The van der Waals surface area contributed by atoms with Gasteiger partial charge in [-0.2, -0.15) is 0 Å². The van der Waals surface area contributed by atoms with Crippen LogP contribution >= 0.6 is 0 Å². The Bertz CT molecular complexity index is 279. The van der Waals surface area contributed by atoms with Crippen molar-refractivity contribution in [1.82, 2.24) is 9.88 Å². The highest BCUT2D eigenvalue weighted by Crippen LogP contribution is 1.97. The molecule has 4 nitrogen and oxygen atoms in total. The van der Waals surface area contributed by atoms with Gasteiger partial charge in [-0.05, 0) is 19.7 Å². The number of aromatic nitrogens is 1. The number of rotatable bonds is 3. The fourth-order valence-corrected chi connectivity index (χ4v) is 1.10. The van der Waals surface area contributed by atoms with Gasteiger partial charge in [0.05, 0.1) is 0 Å². The maximum absolute atomic E-state index is 8.88. The van der Waals surface area contributed by atoms with Crippen LogP contribution in [0.5, 0.6) is 0 Å². The first-order valence-electron chi connectivity index (χ1n) is 4.04. The van der Waals surface area contributed by atoms with Gasteiger partial charge < -0.3 is 14.9 Å². The molecule has 0 aromatic carbocycles. The van der Waals surface area contributed by atoms with Crippen molar-refractivity contribution in [3.63, 3.8) is 0 Å². The molecule has 0 spiro atoms.